The summed E-state index contributed by atoms with van der Waals surface area (Å²) in [6, 6.07) is 6.33. The molecule has 0 aromatic heterocycles. The van der Waals surface area contributed by atoms with E-state index in [0.29, 0.717) is 24.5 Å². The average Bonchev–Trinajstić information content (AvgIpc) is 2.94. The fraction of sp³-hybridized carbons (Fsp3) is 0.429. The number of benzene rings is 1. The van der Waals surface area contributed by atoms with Crippen LogP contribution in [0.25, 0.3) is 0 Å². The van der Waals surface area contributed by atoms with Crippen molar-refractivity contribution in [2.24, 2.45) is 5.73 Å². The molecule has 108 valence electrons. The number of hydrogen-bond acceptors (Lipinski definition) is 3. The van der Waals surface area contributed by atoms with Gasteiger partial charge in [0.25, 0.3) is 0 Å². The number of amides is 2. The van der Waals surface area contributed by atoms with Crippen LogP contribution in [0.4, 0.5) is 0 Å². The number of rotatable bonds is 5. The van der Waals surface area contributed by atoms with Crippen molar-refractivity contribution in [3.8, 4) is 0 Å². The number of halogens is 1. The Morgan fingerprint density at radius 1 is 1.40 bits per heavy atom. The Labute approximate surface area is 122 Å². The van der Waals surface area contributed by atoms with Gasteiger partial charge in [-0.05, 0) is 30.5 Å². The van der Waals surface area contributed by atoms with Gasteiger partial charge in [0, 0.05) is 18.1 Å². The topological polar surface area (TPSA) is 81.4 Å². The van der Waals surface area contributed by atoms with E-state index in [1.165, 1.54) is 0 Å². The van der Waals surface area contributed by atoms with E-state index in [1.54, 1.807) is 24.3 Å². The van der Waals surface area contributed by atoms with Gasteiger partial charge in [-0.2, -0.15) is 0 Å². The molecule has 3 N–H and O–H groups in total. The number of nitrogens with two attached hydrogens (primary N) is 1. The summed E-state index contributed by atoms with van der Waals surface area (Å²) in [6.07, 6.45) is 1.40. The standard InChI is InChI=1S/C14H17ClN2O3/c15-10-5-3-9(4-6-10)8-11(13(16)18)17-14(19)12-2-1-7-20-12/h3-6,11-12H,1-2,7-8H2,(H2,16,18)(H,17,19)/t11-,12-/m1/s1. The lowest BCUT2D eigenvalue weighted by Crippen LogP contribution is -2.49. The Hall–Kier alpha value is -1.59. The lowest BCUT2D eigenvalue weighted by molar-refractivity contribution is -0.133. The van der Waals surface area contributed by atoms with Crippen molar-refractivity contribution in [1.29, 1.82) is 0 Å². The monoisotopic (exact) mass is 296 g/mol. The van der Waals surface area contributed by atoms with E-state index in [-0.39, 0.29) is 5.91 Å². The largest absolute Gasteiger partial charge is 0.368 e. The zero-order valence-corrected chi connectivity index (χ0v) is 11.7. The van der Waals surface area contributed by atoms with Gasteiger partial charge in [-0.15, -0.1) is 0 Å². The summed E-state index contributed by atoms with van der Waals surface area (Å²) < 4.78 is 5.28. The highest BCUT2D eigenvalue weighted by Crippen LogP contribution is 2.14. The molecule has 1 aromatic carbocycles. The Morgan fingerprint density at radius 2 is 2.10 bits per heavy atom. The second-order valence-corrected chi connectivity index (χ2v) is 5.23. The molecule has 1 fully saturated rings. The van der Waals surface area contributed by atoms with Crippen molar-refractivity contribution in [1.82, 2.24) is 5.32 Å². The van der Waals surface area contributed by atoms with Crippen LogP contribution < -0.4 is 11.1 Å². The quantitative estimate of drug-likeness (QED) is 0.851. The van der Waals surface area contributed by atoms with E-state index in [9.17, 15) is 9.59 Å². The molecule has 1 aromatic rings. The maximum absolute atomic E-state index is 11.9. The molecule has 20 heavy (non-hydrogen) atoms. The summed E-state index contributed by atoms with van der Waals surface area (Å²) >= 11 is 5.80. The smallest absolute Gasteiger partial charge is 0.249 e. The van der Waals surface area contributed by atoms with Crippen molar-refractivity contribution in [2.75, 3.05) is 6.61 Å². The van der Waals surface area contributed by atoms with Crippen LogP contribution in [0.3, 0.4) is 0 Å². The number of primary amides is 1. The lowest BCUT2D eigenvalue weighted by atomic mass is 10.0. The second kappa shape index (κ2) is 6.72. The van der Waals surface area contributed by atoms with Crippen molar-refractivity contribution in [3.63, 3.8) is 0 Å². The zero-order valence-electron chi connectivity index (χ0n) is 11.0. The van der Waals surface area contributed by atoms with Gasteiger partial charge in [-0.3, -0.25) is 9.59 Å². The molecule has 1 aliphatic rings. The van der Waals surface area contributed by atoms with Gasteiger partial charge >= 0.3 is 0 Å². The average molecular weight is 297 g/mol. The normalized spacial score (nSPS) is 19.6. The zero-order chi connectivity index (χ0) is 14.5. The molecule has 2 atom stereocenters. The summed E-state index contributed by atoms with van der Waals surface area (Å²) in [4.78, 5) is 23.4. The number of ether oxygens (including phenoxy) is 1. The number of nitrogens with one attached hydrogen (secondary N) is 1. The first kappa shape index (κ1) is 14.8. The maximum Gasteiger partial charge on any atom is 0.249 e. The first-order valence-electron chi connectivity index (χ1n) is 6.52. The highest BCUT2D eigenvalue weighted by atomic mass is 35.5. The fourth-order valence-corrected chi connectivity index (χ4v) is 2.25. The van der Waals surface area contributed by atoms with Gasteiger partial charge in [0.1, 0.15) is 12.1 Å². The summed E-state index contributed by atoms with van der Waals surface area (Å²) in [5.41, 5.74) is 6.22. The minimum Gasteiger partial charge on any atom is -0.368 e. The molecule has 0 unspecified atom stereocenters. The van der Waals surface area contributed by atoms with Crippen LogP contribution in [0.2, 0.25) is 5.02 Å². The molecule has 2 rings (SSSR count). The summed E-state index contributed by atoms with van der Waals surface area (Å²) in [5, 5.41) is 3.27. The van der Waals surface area contributed by atoms with Crippen molar-refractivity contribution < 1.29 is 14.3 Å². The van der Waals surface area contributed by atoms with Crippen LogP contribution in [0.5, 0.6) is 0 Å². The van der Waals surface area contributed by atoms with Gasteiger partial charge < -0.3 is 15.8 Å². The molecule has 0 saturated carbocycles. The van der Waals surface area contributed by atoms with Crippen LogP contribution in [-0.2, 0) is 20.7 Å². The molecule has 1 aliphatic heterocycles. The van der Waals surface area contributed by atoms with E-state index >= 15 is 0 Å². The molecule has 1 heterocycles. The van der Waals surface area contributed by atoms with E-state index < -0.39 is 18.1 Å². The van der Waals surface area contributed by atoms with Gasteiger partial charge in [0.2, 0.25) is 11.8 Å². The van der Waals surface area contributed by atoms with Crippen molar-refractivity contribution in [3.05, 3.63) is 34.9 Å². The van der Waals surface area contributed by atoms with Crippen molar-refractivity contribution >= 4 is 23.4 Å². The second-order valence-electron chi connectivity index (χ2n) is 4.80. The Balaban J connectivity index is 1.98. The third-order valence-corrected chi connectivity index (χ3v) is 3.49. The van der Waals surface area contributed by atoms with Gasteiger partial charge in [-0.25, -0.2) is 0 Å². The van der Waals surface area contributed by atoms with E-state index in [4.69, 9.17) is 22.1 Å². The van der Waals surface area contributed by atoms with Gasteiger partial charge in [0.05, 0.1) is 0 Å². The molecule has 0 radical (unpaired) electrons. The van der Waals surface area contributed by atoms with Gasteiger partial charge in [0.15, 0.2) is 0 Å². The summed E-state index contributed by atoms with van der Waals surface area (Å²) in [5.74, 6) is -0.841. The highest BCUT2D eigenvalue weighted by Gasteiger charge is 2.27. The Kier molecular flexibility index (Phi) is 4.98. The predicted octanol–water partition coefficient (Wildman–Crippen LogP) is 1.03. The Morgan fingerprint density at radius 3 is 2.65 bits per heavy atom. The van der Waals surface area contributed by atoms with Crippen molar-refractivity contribution in [2.45, 2.75) is 31.4 Å². The Bertz CT molecular complexity index is 484. The number of hydrogen-bond donors (Lipinski definition) is 2. The van der Waals surface area contributed by atoms with Gasteiger partial charge in [-0.1, -0.05) is 23.7 Å². The van der Waals surface area contributed by atoms with E-state index in [2.05, 4.69) is 5.32 Å². The molecule has 0 bridgehead atoms. The highest BCUT2D eigenvalue weighted by molar-refractivity contribution is 6.30. The van der Waals surface area contributed by atoms with E-state index in [1.807, 2.05) is 0 Å². The molecule has 0 spiro atoms. The number of carbonyl (C=O) groups excluding carboxylic acids is 2. The number of carbonyl (C=O) groups is 2. The summed E-state index contributed by atoms with van der Waals surface area (Å²) in [7, 11) is 0. The van der Waals surface area contributed by atoms with Crippen LogP contribution in [0.1, 0.15) is 18.4 Å². The summed E-state index contributed by atoms with van der Waals surface area (Å²) in [6.45, 7) is 0.580. The van der Waals surface area contributed by atoms with Crippen LogP contribution >= 0.6 is 11.6 Å². The predicted molar refractivity (Wildman–Crippen MR) is 75.3 cm³/mol. The molecule has 6 heteroatoms. The molecule has 1 saturated heterocycles. The molecule has 0 aliphatic carbocycles. The van der Waals surface area contributed by atoms with Crippen LogP contribution in [-0.4, -0.2) is 30.6 Å². The first-order chi connectivity index (χ1) is 9.56. The minimum atomic E-state index is -0.743. The van der Waals surface area contributed by atoms with Crippen LogP contribution in [0.15, 0.2) is 24.3 Å². The molecule has 2 amide bonds. The molecular formula is C14H17ClN2O3. The SMILES string of the molecule is NC(=O)[C@@H](Cc1ccc(Cl)cc1)NC(=O)[C@H]1CCCO1. The lowest BCUT2D eigenvalue weighted by Gasteiger charge is -2.18. The minimum absolute atomic E-state index is 0.278. The van der Waals surface area contributed by atoms with Crippen LogP contribution in [0, 0.1) is 0 Å². The third kappa shape index (κ3) is 3.95. The molecular weight excluding hydrogens is 280 g/mol. The third-order valence-electron chi connectivity index (χ3n) is 3.24. The molecule has 5 nitrogen and oxygen atoms in total. The van der Waals surface area contributed by atoms with E-state index in [0.717, 1.165) is 12.0 Å². The fourth-order valence-electron chi connectivity index (χ4n) is 2.13. The maximum atomic E-state index is 11.9. The first-order valence-corrected chi connectivity index (χ1v) is 6.90.